The summed E-state index contributed by atoms with van der Waals surface area (Å²) in [5.41, 5.74) is 0.425. The average molecular weight is 381 g/mol. The van der Waals surface area contributed by atoms with Crippen molar-refractivity contribution in [2.75, 3.05) is 38.2 Å². The van der Waals surface area contributed by atoms with Crippen molar-refractivity contribution in [3.63, 3.8) is 0 Å². The number of amides is 1. The van der Waals surface area contributed by atoms with Crippen LogP contribution in [0.1, 0.15) is 58.3 Å². The van der Waals surface area contributed by atoms with E-state index < -0.39 is 0 Å². The first-order valence-electron chi connectivity index (χ1n) is 10.4. The van der Waals surface area contributed by atoms with Gasteiger partial charge in [-0.25, -0.2) is 0 Å². The minimum atomic E-state index is 0.239. The highest BCUT2D eigenvalue weighted by molar-refractivity contribution is 7.99. The highest BCUT2D eigenvalue weighted by atomic mass is 32.2. The number of nitrogens with zero attached hydrogens (tertiary/aromatic N) is 2. The van der Waals surface area contributed by atoms with Crippen molar-refractivity contribution >= 4 is 23.6 Å². The Labute approximate surface area is 163 Å². The Morgan fingerprint density at radius 2 is 1.81 bits per heavy atom. The highest BCUT2D eigenvalue weighted by Crippen LogP contribution is 2.36. The first-order chi connectivity index (χ1) is 12.6. The van der Waals surface area contributed by atoms with E-state index in [-0.39, 0.29) is 5.92 Å². The lowest BCUT2D eigenvalue weighted by molar-refractivity contribution is -0.136. The third-order valence-electron chi connectivity index (χ3n) is 6.46. The summed E-state index contributed by atoms with van der Waals surface area (Å²) in [5.74, 6) is 3.78. The maximum atomic E-state index is 12.7. The first kappa shape index (κ1) is 19.8. The molecule has 0 unspecified atom stereocenters. The van der Waals surface area contributed by atoms with Crippen LogP contribution in [0.4, 0.5) is 0 Å². The van der Waals surface area contributed by atoms with Crippen molar-refractivity contribution < 1.29 is 4.79 Å². The molecule has 0 bridgehead atoms. The van der Waals surface area contributed by atoms with Crippen LogP contribution in [0.2, 0.25) is 0 Å². The monoisotopic (exact) mass is 380 g/mol. The van der Waals surface area contributed by atoms with Gasteiger partial charge in [0.15, 0.2) is 5.96 Å². The van der Waals surface area contributed by atoms with Crippen molar-refractivity contribution in [1.29, 1.82) is 0 Å². The van der Waals surface area contributed by atoms with E-state index in [0.29, 0.717) is 17.4 Å². The molecule has 26 heavy (non-hydrogen) atoms. The van der Waals surface area contributed by atoms with Gasteiger partial charge in [0.1, 0.15) is 0 Å². The lowest BCUT2D eigenvalue weighted by Gasteiger charge is -2.34. The molecule has 0 aromatic carbocycles. The number of aliphatic imine (C=N–C) groups is 1. The molecule has 2 aliphatic carbocycles. The predicted octanol–water partition coefficient (Wildman–Crippen LogP) is 2.87. The van der Waals surface area contributed by atoms with Crippen molar-refractivity contribution in [3.8, 4) is 0 Å². The zero-order valence-electron chi connectivity index (χ0n) is 16.6. The van der Waals surface area contributed by atoms with E-state index in [1.807, 2.05) is 18.8 Å². The number of rotatable bonds is 4. The molecular formula is C20H36N4OS. The minimum Gasteiger partial charge on any atom is -0.356 e. The Morgan fingerprint density at radius 3 is 2.42 bits per heavy atom. The predicted molar refractivity (Wildman–Crippen MR) is 111 cm³/mol. The van der Waals surface area contributed by atoms with Crippen LogP contribution in [0.3, 0.4) is 0 Å². The average Bonchev–Trinajstić information content (AvgIpc) is 3.12. The van der Waals surface area contributed by atoms with Crippen LogP contribution >= 0.6 is 11.8 Å². The zero-order valence-corrected chi connectivity index (χ0v) is 17.4. The molecule has 148 valence electrons. The molecule has 1 aliphatic heterocycles. The summed E-state index contributed by atoms with van der Waals surface area (Å²) in [6, 6.07) is 0.443. The SMILES string of the molecule is CN=C(NCC1(C)CCCC1)NC1CCC(C(=O)N2CCSCC2)CC1. The van der Waals surface area contributed by atoms with Crippen molar-refractivity contribution in [2.24, 2.45) is 16.3 Å². The number of guanidine groups is 1. The molecule has 0 aromatic heterocycles. The Kier molecular flexibility index (Phi) is 7.12. The molecule has 6 heteroatoms. The summed E-state index contributed by atoms with van der Waals surface area (Å²) in [6.07, 6.45) is 9.51. The number of nitrogens with one attached hydrogen (secondary N) is 2. The third-order valence-corrected chi connectivity index (χ3v) is 7.40. The Balaban J connectivity index is 1.40. The molecule has 0 radical (unpaired) electrons. The second kappa shape index (κ2) is 9.34. The van der Waals surface area contributed by atoms with E-state index in [1.165, 1.54) is 25.7 Å². The standard InChI is InChI=1S/C20H36N4OS/c1-20(9-3-4-10-20)15-22-19(21-2)23-17-7-5-16(6-8-17)18(25)24-11-13-26-14-12-24/h16-17H,3-15H2,1-2H3,(H2,21,22,23). The molecule has 3 rings (SSSR count). The van der Waals surface area contributed by atoms with E-state index in [0.717, 1.165) is 62.8 Å². The number of hydrogen-bond acceptors (Lipinski definition) is 3. The Bertz CT molecular complexity index is 490. The van der Waals surface area contributed by atoms with Crippen LogP contribution in [0.25, 0.3) is 0 Å². The number of hydrogen-bond donors (Lipinski definition) is 2. The summed E-state index contributed by atoms with van der Waals surface area (Å²) in [6.45, 7) is 5.28. The van der Waals surface area contributed by atoms with Crippen LogP contribution in [0, 0.1) is 11.3 Å². The largest absolute Gasteiger partial charge is 0.356 e. The molecule has 3 fully saturated rings. The fraction of sp³-hybridized carbons (Fsp3) is 0.900. The van der Waals surface area contributed by atoms with Gasteiger partial charge in [0.25, 0.3) is 0 Å². The van der Waals surface area contributed by atoms with Gasteiger partial charge in [-0.2, -0.15) is 11.8 Å². The van der Waals surface area contributed by atoms with E-state index in [9.17, 15) is 4.79 Å². The van der Waals surface area contributed by atoms with Crippen LogP contribution in [-0.2, 0) is 4.79 Å². The fourth-order valence-corrected chi connectivity index (χ4v) is 5.52. The second-order valence-corrected chi connectivity index (χ2v) is 9.80. The van der Waals surface area contributed by atoms with Crippen LogP contribution in [0.5, 0.6) is 0 Å². The van der Waals surface area contributed by atoms with Gasteiger partial charge in [-0.1, -0.05) is 19.8 Å². The Hall–Kier alpha value is -0.910. The van der Waals surface area contributed by atoms with Gasteiger partial charge in [0.05, 0.1) is 0 Å². The first-order valence-corrected chi connectivity index (χ1v) is 11.6. The molecule has 0 spiro atoms. The minimum absolute atomic E-state index is 0.239. The van der Waals surface area contributed by atoms with E-state index in [1.54, 1.807) is 0 Å². The molecule has 5 nitrogen and oxygen atoms in total. The van der Waals surface area contributed by atoms with E-state index in [4.69, 9.17) is 0 Å². The van der Waals surface area contributed by atoms with Crippen LogP contribution < -0.4 is 10.6 Å². The molecule has 2 saturated carbocycles. The number of thioether (sulfide) groups is 1. The molecule has 3 aliphatic rings. The lowest BCUT2D eigenvalue weighted by Crippen LogP contribution is -2.48. The van der Waals surface area contributed by atoms with Gasteiger partial charge in [-0.3, -0.25) is 9.79 Å². The topological polar surface area (TPSA) is 56.7 Å². The number of carbonyl (C=O) groups is 1. The van der Waals surface area contributed by atoms with Gasteiger partial charge >= 0.3 is 0 Å². The van der Waals surface area contributed by atoms with Gasteiger partial charge in [-0.15, -0.1) is 0 Å². The molecule has 1 heterocycles. The summed E-state index contributed by atoms with van der Waals surface area (Å²) in [7, 11) is 1.86. The molecule has 0 aromatic rings. The second-order valence-electron chi connectivity index (χ2n) is 8.57. The summed E-state index contributed by atoms with van der Waals surface area (Å²) in [5, 5.41) is 7.14. The summed E-state index contributed by atoms with van der Waals surface area (Å²) < 4.78 is 0. The molecular weight excluding hydrogens is 344 g/mol. The summed E-state index contributed by atoms with van der Waals surface area (Å²) in [4.78, 5) is 19.2. The lowest BCUT2D eigenvalue weighted by atomic mass is 9.85. The normalized spacial score (nSPS) is 29.5. The quantitative estimate of drug-likeness (QED) is 0.582. The van der Waals surface area contributed by atoms with Crippen LogP contribution in [-0.4, -0.2) is 61.0 Å². The summed E-state index contributed by atoms with van der Waals surface area (Å²) >= 11 is 1.96. The maximum absolute atomic E-state index is 12.7. The Morgan fingerprint density at radius 1 is 1.15 bits per heavy atom. The van der Waals surface area contributed by atoms with Gasteiger partial charge in [0.2, 0.25) is 5.91 Å². The van der Waals surface area contributed by atoms with Crippen molar-refractivity contribution in [1.82, 2.24) is 15.5 Å². The van der Waals surface area contributed by atoms with Crippen LogP contribution in [0.15, 0.2) is 4.99 Å². The third kappa shape index (κ3) is 5.30. The van der Waals surface area contributed by atoms with Gasteiger partial charge < -0.3 is 15.5 Å². The number of carbonyl (C=O) groups excluding carboxylic acids is 1. The van der Waals surface area contributed by atoms with Crippen molar-refractivity contribution in [2.45, 2.75) is 64.3 Å². The molecule has 1 amide bonds. The zero-order chi connectivity index (χ0) is 18.4. The van der Waals surface area contributed by atoms with Crippen molar-refractivity contribution in [3.05, 3.63) is 0 Å². The maximum Gasteiger partial charge on any atom is 0.225 e. The van der Waals surface area contributed by atoms with Gasteiger partial charge in [-0.05, 0) is 43.9 Å². The fourth-order valence-electron chi connectivity index (χ4n) is 4.62. The van der Waals surface area contributed by atoms with Gasteiger partial charge in [0, 0.05) is 50.1 Å². The molecule has 1 saturated heterocycles. The van der Waals surface area contributed by atoms with E-state index >= 15 is 0 Å². The van der Waals surface area contributed by atoms with E-state index in [2.05, 4.69) is 27.4 Å². The molecule has 2 N–H and O–H groups in total. The highest BCUT2D eigenvalue weighted by Gasteiger charge is 2.31. The molecule has 0 atom stereocenters. The smallest absolute Gasteiger partial charge is 0.225 e.